The molecule has 3 rings (SSSR count). The van der Waals surface area contributed by atoms with E-state index in [9.17, 15) is 0 Å². The molecule has 4 nitrogen and oxygen atoms in total. The standard InChI is InChI=1S/C6H6N4S4.C6H5.Hg/c1-3-7-10-6(13-3)12-2-4-8-9-5(11)14-4;1-2-4-6-5-3-1;/h2H2,1H3,(H,9,11);1-5H;/q;;+1/p-1. The summed E-state index contributed by atoms with van der Waals surface area (Å²) in [6.45, 7) is 1.94. The van der Waals surface area contributed by atoms with Crippen LogP contribution in [0.5, 0.6) is 0 Å². The van der Waals surface area contributed by atoms with Gasteiger partial charge >= 0.3 is 59.5 Å². The first-order valence-electron chi connectivity index (χ1n) is 5.93. The molecule has 0 fully saturated rings. The summed E-state index contributed by atoms with van der Waals surface area (Å²) in [5, 5.41) is 17.6. The van der Waals surface area contributed by atoms with Gasteiger partial charge in [0.15, 0.2) is 4.34 Å². The van der Waals surface area contributed by atoms with Gasteiger partial charge < -0.3 is 24.0 Å². The summed E-state index contributed by atoms with van der Waals surface area (Å²) >= 11 is 10.3. The number of aryl methyl sites for hydroxylation is 1. The Bertz CT molecular complexity index is 630. The number of nitrogens with zero attached hydrogens (tertiary/aromatic N) is 4. The Morgan fingerprint density at radius 3 is 2.33 bits per heavy atom. The van der Waals surface area contributed by atoms with Gasteiger partial charge in [-0.3, -0.25) is 0 Å². The molecular formula is C12H10HgN4S4. The van der Waals surface area contributed by atoms with Gasteiger partial charge in [-0.2, -0.15) is 10.2 Å². The minimum absolute atomic E-state index is 0.592. The van der Waals surface area contributed by atoms with E-state index in [4.69, 9.17) is 12.6 Å². The number of hydrogen-bond donors (Lipinski definition) is 0. The van der Waals surface area contributed by atoms with Crippen molar-refractivity contribution >= 4 is 50.1 Å². The second-order valence-electron chi connectivity index (χ2n) is 3.82. The molecule has 0 saturated heterocycles. The zero-order chi connectivity index (χ0) is 15.1. The predicted molar refractivity (Wildman–Crippen MR) is 85.8 cm³/mol. The number of aromatic nitrogens is 4. The van der Waals surface area contributed by atoms with E-state index >= 15 is 0 Å². The Morgan fingerprint density at radius 2 is 1.86 bits per heavy atom. The average molecular weight is 539 g/mol. The molecule has 0 amide bonds. The number of rotatable bonds is 3. The fourth-order valence-corrected chi connectivity index (χ4v) is 4.99. The first-order valence-corrected chi connectivity index (χ1v) is 11.7. The molecule has 9 heteroatoms. The molecule has 0 saturated carbocycles. The van der Waals surface area contributed by atoms with Crippen molar-refractivity contribution in [2.45, 2.75) is 21.4 Å². The van der Waals surface area contributed by atoms with Crippen molar-refractivity contribution in [3.8, 4) is 0 Å². The molecule has 0 unspecified atom stereocenters. The molecule has 0 atom stereocenters. The zero-order valence-electron chi connectivity index (χ0n) is 11.2. The van der Waals surface area contributed by atoms with Crippen molar-refractivity contribution in [1.29, 1.82) is 0 Å². The van der Waals surface area contributed by atoms with Crippen LogP contribution in [-0.2, 0) is 44.5 Å². The van der Waals surface area contributed by atoms with Crippen molar-refractivity contribution < 1.29 is 26.1 Å². The number of thioether (sulfide) groups is 1. The van der Waals surface area contributed by atoms with Gasteiger partial charge in [0, 0.05) is 10.8 Å². The van der Waals surface area contributed by atoms with Crippen LogP contribution in [0.4, 0.5) is 0 Å². The van der Waals surface area contributed by atoms with Crippen LogP contribution in [0.3, 0.4) is 0 Å². The van der Waals surface area contributed by atoms with Gasteiger partial charge in [-0.25, -0.2) is 0 Å². The van der Waals surface area contributed by atoms with Crippen LogP contribution in [-0.4, -0.2) is 20.4 Å². The Morgan fingerprint density at radius 1 is 1.10 bits per heavy atom. The third-order valence-corrected chi connectivity index (χ3v) is 7.17. The van der Waals surface area contributed by atoms with Gasteiger partial charge in [-0.1, -0.05) is 23.1 Å². The molecule has 0 N–H and O–H groups in total. The Kier molecular flexibility index (Phi) is 7.45. The molecular weight excluding hydrogens is 529 g/mol. The molecule has 0 radical (unpaired) electrons. The molecule has 2 heterocycles. The quantitative estimate of drug-likeness (QED) is 0.290. The van der Waals surface area contributed by atoms with Crippen molar-refractivity contribution in [2.75, 3.05) is 0 Å². The van der Waals surface area contributed by atoms with E-state index in [-0.39, 0.29) is 0 Å². The third kappa shape index (κ3) is 6.64. The van der Waals surface area contributed by atoms with Crippen LogP contribution in [0.1, 0.15) is 10.0 Å². The Labute approximate surface area is 157 Å². The van der Waals surface area contributed by atoms with Gasteiger partial charge in [0.25, 0.3) is 0 Å². The average Bonchev–Trinajstić information content (AvgIpc) is 3.07. The molecule has 1 aromatic carbocycles. The maximum atomic E-state index is 4.88. The summed E-state index contributed by atoms with van der Waals surface area (Å²) in [5.74, 6) is 0.767. The molecule has 0 aliphatic heterocycles. The topological polar surface area (TPSA) is 51.6 Å². The van der Waals surface area contributed by atoms with Crippen LogP contribution in [0, 0.1) is 6.92 Å². The first kappa shape index (κ1) is 17.2. The minimum atomic E-state index is 0.592. The predicted octanol–water partition coefficient (Wildman–Crippen LogP) is 2.75. The maximum absolute atomic E-state index is 4.88. The summed E-state index contributed by atoms with van der Waals surface area (Å²) < 4.78 is 3.07. The molecule has 0 bridgehead atoms. The molecule has 21 heavy (non-hydrogen) atoms. The van der Waals surface area contributed by atoms with Gasteiger partial charge in [0.2, 0.25) is 0 Å². The van der Waals surface area contributed by atoms with Crippen LogP contribution in [0.25, 0.3) is 0 Å². The van der Waals surface area contributed by atoms with Crippen molar-refractivity contribution in [3.63, 3.8) is 0 Å². The summed E-state index contributed by atoms with van der Waals surface area (Å²) in [5.41, 5.74) is 0. The van der Waals surface area contributed by atoms with E-state index in [1.165, 1.54) is 14.4 Å². The van der Waals surface area contributed by atoms with Crippen LogP contribution < -0.4 is 3.07 Å². The van der Waals surface area contributed by atoms with Gasteiger partial charge in [0.1, 0.15) is 5.01 Å². The zero-order valence-corrected chi connectivity index (χ0v) is 20.0. The first-order chi connectivity index (χ1) is 10.1. The monoisotopic (exact) mass is 540 g/mol. The normalized spacial score (nSPS) is 10.0. The summed E-state index contributed by atoms with van der Waals surface area (Å²) in [6.07, 6.45) is 0. The van der Waals surface area contributed by atoms with Crippen LogP contribution in [0.2, 0.25) is 0 Å². The van der Waals surface area contributed by atoms with Gasteiger partial charge in [-0.15, -0.1) is 10.2 Å². The van der Waals surface area contributed by atoms with Crippen LogP contribution in [0.15, 0.2) is 39.0 Å². The fraction of sp³-hybridized carbons (Fsp3) is 0.167. The number of benzene rings is 1. The molecule has 2 aromatic heterocycles. The van der Waals surface area contributed by atoms with E-state index in [0.717, 1.165) is 46.2 Å². The SMILES string of the molecule is Cc1nnc(SCc2nnc([S-])s2)s1.[Hg+][c]1ccccc1. The molecule has 3 aromatic rings. The van der Waals surface area contributed by atoms with E-state index in [1.807, 2.05) is 6.92 Å². The van der Waals surface area contributed by atoms with E-state index in [0.29, 0.717) is 4.34 Å². The third-order valence-electron chi connectivity index (χ3n) is 2.12. The molecule has 0 aliphatic rings. The number of hydrogen-bond acceptors (Lipinski definition) is 8. The van der Waals surface area contributed by atoms with E-state index < -0.39 is 0 Å². The Balaban J connectivity index is 0.000000194. The molecule has 0 aliphatic carbocycles. The van der Waals surface area contributed by atoms with Gasteiger partial charge in [-0.05, 0) is 11.3 Å². The van der Waals surface area contributed by atoms with Gasteiger partial charge in [0.05, 0.1) is 0 Å². The van der Waals surface area contributed by atoms with E-state index in [1.54, 1.807) is 23.1 Å². The fourth-order valence-electron chi connectivity index (χ4n) is 1.23. The van der Waals surface area contributed by atoms with Crippen molar-refractivity contribution in [2.24, 2.45) is 0 Å². The van der Waals surface area contributed by atoms with E-state index in [2.05, 4.69) is 50.7 Å². The van der Waals surface area contributed by atoms with Crippen molar-refractivity contribution in [3.05, 3.63) is 40.3 Å². The second kappa shape index (κ2) is 9.09. The Hall–Kier alpha value is -0.155. The second-order valence-corrected chi connectivity index (χ2v) is 11.1. The summed E-state index contributed by atoms with van der Waals surface area (Å²) in [7, 11) is 0. The van der Waals surface area contributed by atoms with Crippen molar-refractivity contribution in [1.82, 2.24) is 20.4 Å². The summed E-state index contributed by atoms with van der Waals surface area (Å²) in [6, 6.07) is 10.6. The van der Waals surface area contributed by atoms with Crippen LogP contribution >= 0.6 is 34.4 Å². The molecule has 0 spiro atoms. The summed E-state index contributed by atoms with van der Waals surface area (Å²) in [4.78, 5) is 0. The molecule has 104 valence electrons.